The van der Waals surface area contributed by atoms with Crippen molar-refractivity contribution in [1.82, 2.24) is 44.5 Å². The Kier molecular flexibility index (Phi) is 4.87. The highest BCUT2D eigenvalue weighted by Crippen LogP contribution is 2.38. The topological polar surface area (TPSA) is 172 Å². The highest BCUT2D eigenvalue weighted by molar-refractivity contribution is 6.04. The van der Waals surface area contributed by atoms with Gasteiger partial charge in [-0.2, -0.15) is 4.68 Å². The number of benzene rings is 1. The predicted octanol–water partition coefficient (Wildman–Crippen LogP) is 1.75. The van der Waals surface area contributed by atoms with Gasteiger partial charge in [0.1, 0.15) is 12.0 Å². The first kappa shape index (κ1) is 21.6. The van der Waals surface area contributed by atoms with Crippen LogP contribution in [0.1, 0.15) is 41.6 Å². The van der Waals surface area contributed by atoms with Crippen molar-refractivity contribution in [2.75, 3.05) is 5.32 Å². The Balaban J connectivity index is 1.54. The van der Waals surface area contributed by atoms with Crippen molar-refractivity contribution in [2.24, 2.45) is 7.05 Å². The van der Waals surface area contributed by atoms with Gasteiger partial charge in [0.2, 0.25) is 5.75 Å². The number of carbonyl (C=O) groups excluding carboxylic acids is 1. The van der Waals surface area contributed by atoms with Gasteiger partial charge in [0.25, 0.3) is 11.5 Å². The van der Waals surface area contributed by atoms with Crippen LogP contribution < -0.4 is 10.9 Å². The van der Waals surface area contributed by atoms with E-state index >= 15 is 0 Å². The summed E-state index contributed by atoms with van der Waals surface area (Å²) < 4.78 is 9.56. The van der Waals surface area contributed by atoms with Crippen LogP contribution in [0, 0.1) is 6.92 Å². The van der Waals surface area contributed by atoms with Gasteiger partial charge in [-0.3, -0.25) is 14.2 Å². The van der Waals surface area contributed by atoms with Crippen molar-refractivity contribution in [2.45, 2.75) is 32.2 Å². The number of aromatic hydroxyl groups is 1. The fraction of sp³-hybridized carbons (Fsp3) is 0.273. The van der Waals surface area contributed by atoms with Crippen LogP contribution in [0.25, 0.3) is 28.4 Å². The molecular weight excluding hydrogens is 468 g/mol. The minimum absolute atomic E-state index is 0.134. The van der Waals surface area contributed by atoms with Crippen molar-refractivity contribution >= 4 is 22.6 Å². The zero-order valence-corrected chi connectivity index (χ0v) is 19.3. The van der Waals surface area contributed by atoms with Gasteiger partial charge in [0, 0.05) is 13.1 Å². The molecule has 1 saturated carbocycles. The van der Waals surface area contributed by atoms with Gasteiger partial charge in [-0.15, -0.1) is 5.10 Å². The standard InChI is InChI=1S/C22H20N10O4/c1-11-27-28-29-32(11)14-6-7-15-16(8-14)31(13-4-3-5-13)20(25-15)19-26-17(18(33)22(35)30(19)2)21(34)24-12-9-23-36-10-12/h6-10,13,33H,3-5H2,1-2H3,(H,24,34). The number of anilines is 1. The molecule has 0 bridgehead atoms. The molecule has 0 atom stereocenters. The summed E-state index contributed by atoms with van der Waals surface area (Å²) >= 11 is 0. The number of nitrogens with zero attached hydrogens (tertiary/aromatic N) is 9. The number of fused-ring (bicyclic) bond motifs is 1. The van der Waals surface area contributed by atoms with Crippen LogP contribution in [0.2, 0.25) is 0 Å². The normalized spacial score (nSPS) is 13.7. The maximum atomic E-state index is 12.9. The summed E-state index contributed by atoms with van der Waals surface area (Å²) in [6.07, 6.45) is 5.43. The Bertz CT molecular complexity index is 1680. The highest BCUT2D eigenvalue weighted by Gasteiger charge is 2.29. The second-order valence-corrected chi connectivity index (χ2v) is 8.57. The van der Waals surface area contributed by atoms with E-state index in [0.29, 0.717) is 17.2 Å². The molecule has 6 rings (SSSR count). The molecule has 1 aliphatic rings. The number of nitrogens with one attached hydrogen (secondary N) is 1. The van der Waals surface area contributed by atoms with E-state index in [0.717, 1.165) is 30.5 Å². The van der Waals surface area contributed by atoms with E-state index in [1.54, 1.807) is 11.6 Å². The van der Waals surface area contributed by atoms with Gasteiger partial charge in [-0.1, -0.05) is 5.16 Å². The number of imidazole rings is 1. The van der Waals surface area contributed by atoms with E-state index in [9.17, 15) is 14.7 Å². The van der Waals surface area contributed by atoms with Crippen LogP contribution in [0.5, 0.6) is 5.75 Å². The molecule has 0 aliphatic heterocycles. The molecule has 0 radical (unpaired) electrons. The Morgan fingerprint density at radius 2 is 2.06 bits per heavy atom. The average Bonchev–Trinajstić information content (AvgIpc) is 3.57. The van der Waals surface area contributed by atoms with Crippen LogP contribution in [0.15, 0.2) is 40.0 Å². The third-order valence-electron chi connectivity index (χ3n) is 6.36. The van der Waals surface area contributed by atoms with E-state index in [1.165, 1.54) is 24.1 Å². The number of aryl methyl sites for hydroxylation is 1. The lowest BCUT2D eigenvalue weighted by atomic mass is 9.92. The monoisotopic (exact) mass is 488 g/mol. The third kappa shape index (κ3) is 3.33. The minimum atomic E-state index is -0.780. The predicted molar refractivity (Wildman–Crippen MR) is 125 cm³/mol. The molecule has 1 amide bonds. The molecular formula is C22H20N10O4. The minimum Gasteiger partial charge on any atom is -0.501 e. The summed E-state index contributed by atoms with van der Waals surface area (Å²) in [6.45, 7) is 1.81. The molecule has 0 saturated heterocycles. The Morgan fingerprint density at radius 1 is 1.22 bits per heavy atom. The number of hydrogen-bond donors (Lipinski definition) is 2. The van der Waals surface area contributed by atoms with Crippen LogP contribution in [-0.4, -0.2) is 55.5 Å². The smallest absolute Gasteiger partial charge is 0.296 e. The molecule has 1 aliphatic carbocycles. The molecule has 36 heavy (non-hydrogen) atoms. The van der Waals surface area contributed by atoms with Gasteiger partial charge in [0.05, 0.1) is 22.9 Å². The maximum Gasteiger partial charge on any atom is 0.296 e. The van der Waals surface area contributed by atoms with E-state index < -0.39 is 22.9 Å². The number of amides is 1. The number of carbonyl (C=O) groups is 1. The highest BCUT2D eigenvalue weighted by atomic mass is 16.5. The fourth-order valence-electron chi connectivity index (χ4n) is 4.26. The van der Waals surface area contributed by atoms with E-state index in [4.69, 9.17) is 9.51 Å². The third-order valence-corrected chi connectivity index (χ3v) is 6.36. The molecule has 4 aromatic heterocycles. The lowest BCUT2D eigenvalue weighted by Crippen LogP contribution is -2.27. The van der Waals surface area contributed by atoms with Gasteiger partial charge in [-0.25, -0.2) is 9.97 Å². The van der Waals surface area contributed by atoms with Crippen molar-refractivity contribution in [3.8, 4) is 23.1 Å². The molecule has 182 valence electrons. The van der Waals surface area contributed by atoms with E-state index in [-0.39, 0.29) is 17.6 Å². The molecule has 4 heterocycles. The molecule has 14 nitrogen and oxygen atoms in total. The fourth-order valence-corrected chi connectivity index (χ4v) is 4.26. The SMILES string of the molecule is Cc1nnnn1-c1ccc2nc(-c3nc(C(=O)Nc4cnoc4)c(O)c(=O)n3C)n(C3CCC3)c2c1. The number of tetrazole rings is 1. The second kappa shape index (κ2) is 8.11. The summed E-state index contributed by atoms with van der Waals surface area (Å²) in [4.78, 5) is 34.9. The Labute approximate surface area is 202 Å². The first-order valence-electron chi connectivity index (χ1n) is 11.2. The average molecular weight is 488 g/mol. The summed E-state index contributed by atoms with van der Waals surface area (Å²) in [7, 11) is 1.48. The summed E-state index contributed by atoms with van der Waals surface area (Å²) in [6, 6.07) is 5.78. The Morgan fingerprint density at radius 3 is 2.72 bits per heavy atom. The quantitative estimate of drug-likeness (QED) is 0.371. The van der Waals surface area contributed by atoms with Crippen molar-refractivity contribution < 1.29 is 14.4 Å². The molecule has 5 aromatic rings. The molecule has 0 spiro atoms. The molecule has 2 N–H and O–H groups in total. The first-order valence-corrected chi connectivity index (χ1v) is 11.2. The second-order valence-electron chi connectivity index (χ2n) is 8.57. The van der Waals surface area contributed by atoms with E-state index in [1.807, 2.05) is 22.8 Å². The zero-order chi connectivity index (χ0) is 25.0. The van der Waals surface area contributed by atoms with Crippen LogP contribution >= 0.6 is 0 Å². The van der Waals surface area contributed by atoms with E-state index in [2.05, 4.69) is 31.0 Å². The summed E-state index contributed by atoms with van der Waals surface area (Å²) in [5.74, 6) is -0.346. The van der Waals surface area contributed by atoms with Gasteiger partial charge < -0.3 is 19.5 Å². The Hall–Kier alpha value is -4.88. The summed E-state index contributed by atoms with van der Waals surface area (Å²) in [5.41, 5.74) is 1.33. The first-order chi connectivity index (χ1) is 17.4. The van der Waals surface area contributed by atoms with Gasteiger partial charge in [-0.05, 0) is 54.8 Å². The lowest BCUT2D eigenvalue weighted by molar-refractivity contribution is 0.101. The van der Waals surface area contributed by atoms with Crippen LogP contribution in [-0.2, 0) is 7.05 Å². The molecule has 1 aromatic carbocycles. The van der Waals surface area contributed by atoms with Gasteiger partial charge in [0.15, 0.2) is 23.2 Å². The van der Waals surface area contributed by atoms with Crippen LogP contribution in [0.4, 0.5) is 5.69 Å². The number of aromatic nitrogens is 9. The zero-order valence-electron chi connectivity index (χ0n) is 19.3. The number of rotatable bonds is 5. The summed E-state index contributed by atoms with van der Waals surface area (Å²) in [5, 5.41) is 28.2. The number of hydrogen-bond acceptors (Lipinski definition) is 10. The van der Waals surface area contributed by atoms with Crippen molar-refractivity contribution in [1.29, 1.82) is 0 Å². The lowest BCUT2D eigenvalue weighted by Gasteiger charge is -2.29. The molecule has 0 unspecified atom stereocenters. The van der Waals surface area contributed by atoms with Crippen molar-refractivity contribution in [3.63, 3.8) is 0 Å². The van der Waals surface area contributed by atoms with Crippen molar-refractivity contribution in [3.05, 3.63) is 52.5 Å². The van der Waals surface area contributed by atoms with Gasteiger partial charge >= 0.3 is 0 Å². The largest absolute Gasteiger partial charge is 0.501 e. The molecule has 14 heteroatoms. The molecule has 1 fully saturated rings. The van der Waals surface area contributed by atoms with Crippen LogP contribution in [0.3, 0.4) is 0 Å². The maximum absolute atomic E-state index is 12.9.